The molecule has 0 heterocycles. The Morgan fingerprint density at radius 3 is 2.36 bits per heavy atom. The fourth-order valence-electron chi connectivity index (χ4n) is 1.30. The van der Waals surface area contributed by atoms with Crippen LogP contribution < -0.4 is 0 Å². The maximum atomic E-state index is 10.5. The summed E-state index contributed by atoms with van der Waals surface area (Å²) in [5.74, 6) is -0.777. The molecule has 0 aliphatic heterocycles. The molecule has 84 valence electrons. The van der Waals surface area contributed by atoms with E-state index in [2.05, 4.69) is 0 Å². The van der Waals surface area contributed by atoms with Gasteiger partial charge in [-0.3, -0.25) is 9.69 Å². The van der Waals surface area contributed by atoms with Crippen molar-refractivity contribution in [3.8, 4) is 0 Å². The van der Waals surface area contributed by atoms with E-state index in [1.165, 1.54) is 0 Å². The molecule has 0 aliphatic carbocycles. The lowest BCUT2D eigenvalue weighted by atomic mass is 10.2. The molecule has 0 aromatic rings. The van der Waals surface area contributed by atoms with Crippen molar-refractivity contribution in [3.05, 3.63) is 0 Å². The lowest BCUT2D eigenvalue weighted by molar-refractivity contribution is -0.138. The Balaban J connectivity index is 3.68. The molecule has 0 amide bonds. The van der Waals surface area contributed by atoms with E-state index in [0.717, 1.165) is 25.8 Å². The molecule has 0 radical (unpaired) electrons. The third kappa shape index (κ3) is 6.86. The van der Waals surface area contributed by atoms with Gasteiger partial charge >= 0.3 is 5.97 Å². The van der Waals surface area contributed by atoms with Crippen molar-refractivity contribution in [2.45, 2.75) is 39.2 Å². The highest BCUT2D eigenvalue weighted by molar-refractivity contribution is 5.69. The summed E-state index contributed by atoms with van der Waals surface area (Å²) in [6.45, 7) is 5.12. The van der Waals surface area contributed by atoms with Gasteiger partial charge in [-0.2, -0.15) is 0 Å². The number of rotatable bonds is 8. The molecule has 0 aromatic heterocycles. The first-order chi connectivity index (χ1) is 6.57. The lowest BCUT2D eigenvalue weighted by Gasteiger charge is -2.24. The fourth-order valence-corrected chi connectivity index (χ4v) is 1.30. The molecule has 0 rings (SSSR count). The van der Waals surface area contributed by atoms with Crippen LogP contribution in [-0.2, 0) is 4.79 Å². The Morgan fingerprint density at radius 2 is 1.93 bits per heavy atom. The predicted octanol–water partition coefficient (Wildman–Crippen LogP) is 0.944. The monoisotopic (exact) mass is 203 g/mol. The number of unbranched alkanes of at least 4 members (excludes halogenated alkanes) is 2. The fraction of sp³-hybridized carbons (Fsp3) is 0.900. The SMILES string of the molecule is CC(C)N(CCCCCO)CC(=O)O. The van der Waals surface area contributed by atoms with Crippen LogP contribution >= 0.6 is 0 Å². The number of carbonyl (C=O) groups is 1. The van der Waals surface area contributed by atoms with Gasteiger partial charge in [-0.15, -0.1) is 0 Å². The first-order valence-electron chi connectivity index (χ1n) is 5.14. The summed E-state index contributed by atoms with van der Waals surface area (Å²) in [7, 11) is 0. The minimum absolute atomic E-state index is 0.108. The number of aliphatic hydroxyl groups is 1. The lowest BCUT2D eigenvalue weighted by Crippen LogP contribution is -2.36. The maximum absolute atomic E-state index is 10.5. The quantitative estimate of drug-likeness (QED) is 0.576. The number of hydrogen-bond donors (Lipinski definition) is 2. The highest BCUT2D eigenvalue weighted by atomic mass is 16.4. The molecule has 0 atom stereocenters. The zero-order valence-corrected chi connectivity index (χ0v) is 9.07. The smallest absolute Gasteiger partial charge is 0.317 e. The van der Waals surface area contributed by atoms with Crippen molar-refractivity contribution in [1.82, 2.24) is 4.90 Å². The first kappa shape index (κ1) is 13.4. The zero-order valence-electron chi connectivity index (χ0n) is 9.07. The van der Waals surface area contributed by atoms with Gasteiger partial charge in [-0.1, -0.05) is 0 Å². The number of hydrogen-bond acceptors (Lipinski definition) is 3. The van der Waals surface area contributed by atoms with Crippen molar-refractivity contribution < 1.29 is 15.0 Å². The maximum Gasteiger partial charge on any atom is 0.317 e. The van der Waals surface area contributed by atoms with Gasteiger partial charge in [0.1, 0.15) is 0 Å². The normalized spacial score (nSPS) is 11.2. The topological polar surface area (TPSA) is 60.8 Å². The van der Waals surface area contributed by atoms with E-state index >= 15 is 0 Å². The van der Waals surface area contributed by atoms with Crippen molar-refractivity contribution >= 4 is 5.97 Å². The van der Waals surface area contributed by atoms with Crippen molar-refractivity contribution in [2.24, 2.45) is 0 Å². The summed E-state index contributed by atoms with van der Waals surface area (Å²) in [5.41, 5.74) is 0. The first-order valence-corrected chi connectivity index (χ1v) is 5.14. The average molecular weight is 203 g/mol. The Kier molecular flexibility index (Phi) is 7.42. The van der Waals surface area contributed by atoms with Gasteiger partial charge in [0.15, 0.2) is 0 Å². The molecule has 0 aromatic carbocycles. The predicted molar refractivity (Wildman–Crippen MR) is 55.3 cm³/mol. The van der Waals surface area contributed by atoms with Gasteiger partial charge in [0.2, 0.25) is 0 Å². The van der Waals surface area contributed by atoms with Gasteiger partial charge in [0.25, 0.3) is 0 Å². The van der Waals surface area contributed by atoms with Crippen molar-refractivity contribution in [3.63, 3.8) is 0 Å². The van der Waals surface area contributed by atoms with E-state index in [9.17, 15) is 4.79 Å². The van der Waals surface area contributed by atoms with Crippen LogP contribution in [0.25, 0.3) is 0 Å². The molecule has 0 saturated heterocycles. The van der Waals surface area contributed by atoms with Crippen LogP contribution in [0, 0.1) is 0 Å². The number of carboxylic acid groups (broad SMARTS) is 1. The molecule has 4 nitrogen and oxygen atoms in total. The molecule has 2 N–H and O–H groups in total. The molecule has 0 unspecified atom stereocenters. The largest absolute Gasteiger partial charge is 0.480 e. The van der Waals surface area contributed by atoms with E-state index in [1.807, 2.05) is 18.7 Å². The Bertz CT molecular complexity index is 159. The van der Waals surface area contributed by atoms with E-state index in [1.54, 1.807) is 0 Å². The van der Waals surface area contributed by atoms with Crippen LogP contribution in [0.1, 0.15) is 33.1 Å². The zero-order chi connectivity index (χ0) is 11.0. The molecule has 0 saturated carbocycles. The second-order valence-electron chi connectivity index (χ2n) is 3.74. The molecule has 0 fully saturated rings. The van der Waals surface area contributed by atoms with Crippen LogP contribution in [-0.4, -0.2) is 46.8 Å². The summed E-state index contributed by atoms with van der Waals surface area (Å²) in [5, 5.41) is 17.2. The van der Waals surface area contributed by atoms with Crippen LogP contribution in [0.15, 0.2) is 0 Å². The highest BCUT2D eigenvalue weighted by Gasteiger charge is 2.12. The van der Waals surface area contributed by atoms with Gasteiger partial charge in [-0.05, 0) is 39.7 Å². The van der Waals surface area contributed by atoms with E-state index in [0.29, 0.717) is 0 Å². The van der Waals surface area contributed by atoms with Crippen LogP contribution in [0.3, 0.4) is 0 Å². The van der Waals surface area contributed by atoms with Gasteiger partial charge in [-0.25, -0.2) is 0 Å². The molecule has 0 spiro atoms. The van der Waals surface area contributed by atoms with Gasteiger partial charge in [0, 0.05) is 12.6 Å². The van der Waals surface area contributed by atoms with Crippen LogP contribution in [0.4, 0.5) is 0 Å². The number of aliphatic hydroxyl groups excluding tert-OH is 1. The van der Waals surface area contributed by atoms with Crippen LogP contribution in [0.2, 0.25) is 0 Å². The van der Waals surface area contributed by atoms with Gasteiger partial charge < -0.3 is 10.2 Å². The average Bonchev–Trinajstić information content (AvgIpc) is 2.09. The summed E-state index contributed by atoms with van der Waals surface area (Å²) >= 11 is 0. The summed E-state index contributed by atoms with van der Waals surface area (Å²) < 4.78 is 0. The summed E-state index contributed by atoms with van der Waals surface area (Å²) in [6.07, 6.45) is 2.71. The molecular weight excluding hydrogens is 182 g/mol. The summed E-state index contributed by atoms with van der Waals surface area (Å²) in [6, 6.07) is 0.264. The van der Waals surface area contributed by atoms with E-state index in [4.69, 9.17) is 10.2 Å². The second-order valence-corrected chi connectivity index (χ2v) is 3.74. The third-order valence-electron chi connectivity index (χ3n) is 2.17. The summed E-state index contributed by atoms with van der Waals surface area (Å²) in [4.78, 5) is 12.5. The third-order valence-corrected chi connectivity index (χ3v) is 2.17. The number of aliphatic carboxylic acids is 1. The van der Waals surface area contributed by atoms with E-state index in [-0.39, 0.29) is 19.2 Å². The number of carboxylic acids is 1. The Morgan fingerprint density at radius 1 is 1.29 bits per heavy atom. The van der Waals surface area contributed by atoms with Crippen LogP contribution in [0.5, 0.6) is 0 Å². The van der Waals surface area contributed by atoms with E-state index < -0.39 is 5.97 Å². The minimum atomic E-state index is -0.777. The van der Waals surface area contributed by atoms with Crippen molar-refractivity contribution in [1.29, 1.82) is 0 Å². The van der Waals surface area contributed by atoms with Crippen molar-refractivity contribution in [2.75, 3.05) is 19.7 Å². The standard InChI is InChI=1S/C10H21NO3/c1-9(2)11(8-10(13)14)6-4-3-5-7-12/h9,12H,3-8H2,1-2H3,(H,13,14). The highest BCUT2D eigenvalue weighted by Crippen LogP contribution is 2.02. The number of nitrogens with zero attached hydrogens (tertiary/aromatic N) is 1. The van der Waals surface area contributed by atoms with Gasteiger partial charge in [0.05, 0.1) is 6.54 Å². The molecule has 14 heavy (non-hydrogen) atoms. The molecular formula is C10H21NO3. The molecule has 0 bridgehead atoms. The Labute approximate surface area is 85.5 Å². The molecule has 4 heteroatoms. The Hall–Kier alpha value is -0.610. The second kappa shape index (κ2) is 7.76. The minimum Gasteiger partial charge on any atom is -0.480 e. The molecule has 0 aliphatic rings.